The van der Waals surface area contributed by atoms with E-state index in [4.69, 9.17) is 15.0 Å². The van der Waals surface area contributed by atoms with E-state index >= 15 is 0 Å². The van der Waals surface area contributed by atoms with E-state index in [1.165, 1.54) is 25.3 Å². The van der Waals surface area contributed by atoms with Crippen molar-refractivity contribution in [1.29, 1.82) is 0 Å². The van der Waals surface area contributed by atoms with Crippen LogP contribution in [0.1, 0.15) is 18.2 Å². The summed E-state index contributed by atoms with van der Waals surface area (Å²) in [5.74, 6) is -1.35. The predicted octanol–water partition coefficient (Wildman–Crippen LogP) is 5.27. The number of rotatable bonds is 5. The summed E-state index contributed by atoms with van der Waals surface area (Å²) in [6.07, 6.45) is -8.29. The molecule has 4 aromatic rings. The Morgan fingerprint density at radius 1 is 0.886 bits per heavy atom. The van der Waals surface area contributed by atoms with Gasteiger partial charge in [-0.2, -0.15) is 31.3 Å². The van der Waals surface area contributed by atoms with Crippen molar-refractivity contribution in [3.8, 4) is 40.1 Å². The number of benzene rings is 1. The van der Waals surface area contributed by atoms with Crippen molar-refractivity contribution in [1.82, 2.24) is 25.1 Å². The molecule has 0 saturated carbocycles. The molecule has 0 aliphatic carbocycles. The number of halogens is 6. The van der Waals surface area contributed by atoms with Gasteiger partial charge in [-0.05, 0) is 37.3 Å². The van der Waals surface area contributed by atoms with E-state index in [2.05, 4.69) is 25.1 Å². The van der Waals surface area contributed by atoms with Crippen LogP contribution < -0.4 is 10.5 Å². The molecule has 0 fully saturated rings. The van der Waals surface area contributed by atoms with Gasteiger partial charge in [0.1, 0.15) is 17.3 Å². The zero-order valence-electron chi connectivity index (χ0n) is 17.6. The van der Waals surface area contributed by atoms with E-state index in [1.807, 2.05) is 0 Å². The lowest BCUT2D eigenvalue weighted by molar-refractivity contribution is -0.141. The van der Waals surface area contributed by atoms with Crippen molar-refractivity contribution in [2.75, 3.05) is 12.3 Å². The third-order valence-corrected chi connectivity index (χ3v) is 4.56. The van der Waals surface area contributed by atoms with Crippen LogP contribution in [-0.2, 0) is 12.4 Å². The Morgan fingerprint density at radius 2 is 1.63 bits per heavy atom. The molecule has 0 bridgehead atoms. The summed E-state index contributed by atoms with van der Waals surface area (Å²) >= 11 is 0. The number of hydrogen-bond donors (Lipinski definition) is 1. The zero-order valence-corrected chi connectivity index (χ0v) is 17.6. The van der Waals surface area contributed by atoms with Crippen molar-refractivity contribution in [2.45, 2.75) is 19.3 Å². The molecular formula is C21H14F6N6O2. The van der Waals surface area contributed by atoms with Gasteiger partial charge >= 0.3 is 12.4 Å². The number of nitrogens with zero attached hydrogens (tertiary/aromatic N) is 5. The van der Waals surface area contributed by atoms with Gasteiger partial charge in [0.05, 0.1) is 17.9 Å². The van der Waals surface area contributed by atoms with Crippen LogP contribution >= 0.6 is 0 Å². The minimum Gasteiger partial charge on any atom is -0.493 e. The van der Waals surface area contributed by atoms with E-state index in [0.717, 1.165) is 12.1 Å². The molecule has 182 valence electrons. The molecule has 35 heavy (non-hydrogen) atoms. The molecule has 0 unspecified atom stereocenters. The Kier molecular flexibility index (Phi) is 6.05. The summed E-state index contributed by atoms with van der Waals surface area (Å²) in [4.78, 5) is 15.4. The standard InChI is InChI=1S/C21H14F6N6O2/c1-2-34-14-7-10(3-5-12(14)20(22,23)24)13-8-15(21(25,26)27)31-18(30-13)19-32-17(33-35-19)11-4-6-16(28)29-9-11/h3-9H,2H2,1H3,(H2,28,29). The normalized spacial score (nSPS) is 12.1. The lowest BCUT2D eigenvalue weighted by atomic mass is 10.1. The molecule has 8 nitrogen and oxygen atoms in total. The van der Waals surface area contributed by atoms with Gasteiger partial charge in [-0.15, -0.1) is 0 Å². The van der Waals surface area contributed by atoms with Crippen LogP contribution in [0.5, 0.6) is 5.75 Å². The molecule has 3 aromatic heterocycles. The molecular weight excluding hydrogens is 482 g/mol. The number of nitrogen functional groups attached to an aromatic ring is 1. The van der Waals surface area contributed by atoms with Crippen LogP contribution in [0.25, 0.3) is 34.4 Å². The predicted molar refractivity (Wildman–Crippen MR) is 110 cm³/mol. The molecule has 0 radical (unpaired) electrons. The molecule has 0 amide bonds. The molecule has 0 aliphatic heterocycles. The molecule has 3 heterocycles. The SMILES string of the molecule is CCOc1cc(-c2cc(C(F)(F)F)nc(-c3nc(-c4ccc(N)nc4)no3)n2)ccc1C(F)(F)F. The summed E-state index contributed by atoms with van der Waals surface area (Å²) in [6.45, 7) is 1.38. The van der Waals surface area contributed by atoms with Gasteiger partial charge in [0, 0.05) is 17.3 Å². The first kappa shape index (κ1) is 23.9. The Labute approximate surface area is 192 Å². The van der Waals surface area contributed by atoms with E-state index < -0.39 is 41.1 Å². The van der Waals surface area contributed by atoms with Crippen molar-refractivity contribution < 1.29 is 35.6 Å². The Morgan fingerprint density at radius 3 is 2.26 bits per heavy atom. The van der Waals surface area contributed by atoms with Crippen molar-refractivity contribution >= 4 is 5.82 Å². The lowest BCUT2D eigenvalue weighted by Gasteiger charge is -2.15. The van der Waals surface area contributed by atoms with Gasteiger partial charge in [0.15, 0.2) is 0 Å². The number of pyridine rings is 1. The van der Waals surface area contributed by atoms with Crippen LogP contribution in [0.3, 0.4) is 0 Å². The van der Waals surface area contributed by atoms with E-state index in [9.17, 15) is 26.3 Å². The lowest BCUT2D eigenvalue weighted by Crippen LogP contribution is -2.11. The highest BCUT2D eigenvalue weighted by molar-refractivity contribution is 5.65. The number of anilines is 1. The minimum absolute atomic E-state index is 0.0109. The van der Waals surface area contributed by atoms with Crippen molar-refractivity contribution in [3.05, 3.63) is 53.9 Å². The number of aromatic nitrogens is 5. The van der Waals surface area contributed by atoms with Gasteiger partial charge in [0.25, 0.3) is 5.89 Å². The molecule has 2 N–H and O–H groups in total. The number of alkyl halides is 6. The summed E-state index contributed by atoms with van der Waals surface area (Å²) in [5, 5.41) is 3.69. The average molecular weight is 496 g/mol. The van der Waals surface area contributed by atoms with Crippen LogP contribution in [0, 0.1) is 0 Å². The summed E-state index contributed by atoms with van der Waals surface area (Å²) in [5.41, 5.74) is 3.05. The first-order valence-corrected chi connectivity index (χ1v) is 9.82. The largest absolute Gasteiger partial charge is 0.493 e. The maximum absolute atomic E-state index is 13.6. The first-order valence-electron chi connectivity index (χ1n) is 9.82. The van der Waals surface area contributed by atoms with Gasteiger partial charge in [-0.1, -0.05) is 11.2 Å². The number of hydrogen-bond acceptors (Lipinski definition) is 8. The Balaban J connectivity index is 1.82. The van der Waals surface area contributed by atoms with Crippen LogP contribution in [0.2, 0.25) is 0 Å². The zero-order chi connectivity index (χ0) is 25.4. The maximum atomic E-state index is 13.6. The average Bonchev–Trinajstić information content (AvgIpc) is 3.28. The Bertz CT molecular complexity index is 1350. The second-order valence-electron chi connectivity index (χ2n) is 7.00. The van der Waals surface area contributed by atoms with Gasteiger partial charge in [-0.25, -0.2) is 15.0 Å². The minimum atomic E-state index is -4.90. The third kappa shape index (κ3) is 5.15. The van der Waals surface area contributed by atoms with Gasteiger partial charge in [0.2, 0.25) is 11.6 Å². The summed E-state index contributed by atoms with van der Waals surface area (Å²) in [7, 11) is 0. The van der Waals surface area contributed by atoms with Crippen molar-refractivity contribution in [2.24, 2.45) is 0 Å². The highest BCUT2D eigenvalue weighted by Crippen LogP contribution is 2.39. The summed E-state index contributed by atoms with van der Waals surface area (Å²) in [6, 6.07) is 6.23. The van der Waals surface area contributed by atoms with E-state index in [0.29, 0.717) is 17.7 Å². The molecule has 4 rings (SSSR count). The fraction of sp³-hybridized carbons (Fsp3) is 0.190. The van der Waals surface area contributed by atoms with E-state index in [-0.39, 0.29) is 29.5 Å². The van der Waals surface area contributed by atoms with Gasteiger partial charge in [-0.3, -0.25) is 0 Å². The third-order valence-electron chi connectivity index (χ3n) is 4.56. The first-order chi connectivity index (χ1) is 16.5. The van der Waals surface area contributed by atoms with Gasteiger partial charge < -0.3 is 15.0 Å². The topological polar surface area (TPSA) is 113 Å². The molecule has 0 saturated heterocycles. The highest BCUT2D eigenvalue weighted by atomic mass is 19.4. The fourth-order valence-corrected chi connectivity index (χ4v) is 3.00. The van der Waals surface area contributed by atoms with Crippen LogP contribution in [-0.4, -0.2) is 31.7 Å². The van der Waals surface area contributed by atoms with Crippen molar-refractivity contribution in [3.63, 3.8) is 0 Å². The second kappa shape index (κ2) is 8.85. The van der Waals surface area contributed by atoms with Crippen LogP contribution in [0.15, 0.2) is 47.1 Å². The van der Waals surface area contributed by atoms with Crippen LogP contribution in [0.4, 0.5) is 32.2 Å². The van der Waals surface area contributed by atoms with E-state index in [1.54, 1.807) is 0 Å². The Hall–Kier alpha value is -4.23. The monoisotopic (exact) mass is 496 g/mol. The highest BCUT2D eigenvalue weighted by Gasteiger charge is 2.36. The molecule has 0 atom stereocenters. The smallest absolute Gasteiger partial charge is 0.433 e. The molecule has 0 spiro atoms. The second-order valence-corrected chi connectivity index (χ2v) is 7.00. The molecule has 0 aliphatic rings. The molecule has 1 aromatic carbocycles. The molecule has 14 heteroatoms. The quantitative estimate of drug-likeness (QED) is 0.372. The maximum Gasteiger partial charge on any atom is 0.433 e. The summed E-state index contributed by atoms with van der Waals surface area (Å²) < 4.78 is 90.6. The number of nitrogens with two attached hydrogens (primary N) is 1. The number of ether oxygens (including phenoxy) is 1. The fourth-order valence-electron chi connectivity index (χ4n) is 3.00.